The van der Waals surface area contributed by atoms with Gasteiger partial charge in [0.2, 0.25) is 5.91 Å². The van der Waals surface area contributed by atoms with E-state index in [1.807, 2.05) is 19.9 Å². The van der Waals surface area contributed by atoms with Crippen molar-refractivity contribution >= 4 is 17.7 Å². The van der Waals surface area contributed by atoms with Gasteiger partial charge in [-0.3, -0.25) is 4.79 Å². The van der Waals surface area contributed by atoms with Crippen LogP contribution < -0.4 is 0 Å². The lowest BCUT2D eigenvalue weighted by Crippen LogP contribution is -2.31. The van der Waals surface area contributed by atoms with Crippen molar-refractivity contribution in [2.75, 3.05) is 12.8 Å². The van der Waals surface area contributed by atoms with E-state index in [0.29, 0.717) is 10.7 Å². The van der Waals surface area contributed by atoms with Gasteiger partial charge < -0.3 is 4.90 Å². The standard InChI is InChI=1S/C17H19F2N3OS/c1-10-7-11(2)21-17(20-10)24-9-16(23)22(4)12(3)13-5-6-14(18)15(19)8-13/h5-8,12H,9H2,1-4H3. The zero-order valence-corrected chi connectivity index (χ0v) is 14.8. The van der Waals surface area contributed by atoms with Crippen LogP contribution >= 0.6 is 11.8 Å². The number of benzene rings is 1. The maximum atomic E-state index is 13.4. The number of nitrogens with zero attached hydrogens (tertiary/aromatic N) is 3. The third-order valence-corrected chi connectivity index (χ3v) is 4.52. The van der Waals surface area contributed by atoms with Gasteiger partial charge in [-0.25, -0.2) is 18.7 Å². The first-order valence-electron chi connectivity index (χ1n) is 7.43. The molecule has 0 radical (unpaired) electrons. The molecule has 0 fully saturated rings. The molecule has 24 heavy (non-hydrogen) atoms. The van der Waals surface area contributed by atoms with Crippen LogP contribution in [0, 0.1) is 25.5 Å². The molecule has 1 atom stereocenters. The molecule has 0 aliphatic heterocycles. The van der Waals surface area contributed by atoms with Crippen LogP contribution in [0.15, 0.2) is 29.4 Å². The second-order valence-electron chi connectivity index (χ2n) is 5.58. The van der Waals surface area contributed by atoms with Crippen molar-refractivity contribution in [1.29, 1.82) is 0 Å². The van der Waals surface area contributed by atoms with Crippen LogP contribution in [0.3, 0.4) is 0 Å². The topological polar surface area (TPSA) is 46.1 Å². The van der Waals surface area contributed by atoms with E-state index in [4.69, 9.17) is 0 Å². The van der Waals surface area contributed by atoms with Crippen molar-refractivity contribution in [3.63, 3.8) is 0 Å². The fourth-order valence-electron chi connectivity index (χ4n) is 2.20. The largest absolute Gasteiger partial charge is 0.338 e. The first-order chi connectivity index (χ1) is 11.3. The molecule has 0 bridgehead atoms. The molecule has 1 aromatic heterocycles. The summed E-state index contributed by atoms with van der Waals surface area (Å²) in [5.74, 6) is -1.78. The normalized spacial score (nSPS) is 12.1. The van der Waals surface area contributed by atoms with Crippen LogP contribution in [0.5, 0.6) is 0 Å². The third kappa shape index (κ3) is 4.50. The highest BCUT2D eigenvalue weighted by atomic mass is 32.2. The highest BCUT2D eigenvalue weighted by Crippen LogP contribution is 2.22. The molecular weight excluding hydrogens is 332 g/mol. The monoisotopic (exact) mass is 351 g/mol. The molecule has 0 aliphatic carbocycles. The summed E-state index contributed by atoms with van der Waals surface area (Å²) in [4.78, 5) is 22.4. The van der Waals surface area contributed by atoms with E-state index < -0.39 is 11.6 Å². The van der Waals surface area contributed by atoms with Gasteiger partial charge >= 0.3 is 0 Å². The molecule has 1 amide bonds. The Morgan fingerprint density at radius 3 is 2.38 bits per heavy atom. The average Bonchev–Trinajstić information content (AvgIpc) is 2.53. The second kappa shape index (κ2) is 7.70. The lowest BCUT2D eigenvalue weighted by atomic mass is 10.1. The summed E-state index contributed by atoms with van der Waals surface area (Å²) in [6.07, 6.45) is 0. The van der Waals surface area contributed by atoms with Crippen molar-refractivity contribution in [3.05, 3.63) is 52.9 Å². The number of halogens is 2. The number of carbonyl (C=O) groups is 1. The summed E-state index contributed by atoms with van der Waals surface area (Å²) in [7, 11) is 1.64. The maximum absolute atomic E-state index is 13.4. The van der Waals surface area contributed by atoms with Crippen LogP contribution in [0.2, 0.25) is 0 Å². The Labute approximate surface area is 144 Å². The molecular formula is C17H19F2N3OS. The van der Waals surface area contributed by atoms with E-state index in [9.17, 15) is 13.6 Å². The zero-order chi connectivity index (χ0) is 17.9. The second-order valence-corrected chi connectivity index (χ2v) is 6.52. The Morgan fingerprint density at radius 1 is 1.17 bits per heavy atom. The smallest absolute Gasteiger partial charge is 0.233 e. The summed E-state index contributed by atoms with van der Waals surface area (Å²) in [6, 6.07) is 5.16. The summed E-state index contributed by atoms with van der Waals surface area (Å²) in [5.41, 5.74) is 2.24. The van der Waals surface area contributed by atoms with Crippen molar-refractivity contribution in [2.45, 2.75) is 32.0 Å². The third-order valence-electron chi connectivity index (χ3n) is 3.69. The number of rotatable bonds is 5. The van der Waals surface area contributed by atoms with Crippen molar-refractivity contribution in [2.24, 2.45) is 0 Å². The summed E-state index contributed by atoms with van der Waals surface area (Å²) in [5, 5.41) is 0.551. The highest BCUT2D eigenvalue weighted by molar-refractivity contribution is 7.99. The van der Waals surface area contributed by atoms with Gasteiger partial charge in [-0.05, 0) is 44.5 Å². The lowest BCUT2D eigenvalue weighted by molar-refractivity contribution is -0.128. The van der Waals surface area contributed by atoms with Gasteiger partial charge in [0, 0.05) is 18.4 Å². The molecule has 0 aliphatic rings. The van der Waals surface area contributed by atoms with Gasteiger partial charge in [0.25, 0.3) is 0 Å². The fourth-order valence-corrected chi connectivity index (χ4v) is 3.07. The summed E-state index contributed by atoms with van der Waals surface area (Å²) in [6.45, 7) is 5.51. The van der Waals surface area contributed by atoms with Gasteiger partial charge in [0.15, 0.2) is 16.8 Å². The molecule has 7 heteroatoms. The molecule has 128 valence electrons. The van der Waals surface area contributed by atoms with Crippen LogP contribution in [0.4, 0.5) is 8.78 Å². The minimum atomic E-state index is -0.918. The van der Waals surface area contributed by atoms with Crippen molar-refractivity contribution < 1.29 is 13.6 Å². The first kappa shape index (κ1) is 18.3. The molecule has 4 nitrogen and oxygen atoms in total. The Morgan fingerprint density at radius 2 is 1.79 bits per heavy atom. The number of hydrogen-bond donors (Lipinski definition) is 0. The van der Waals surface area contributed by atoms with E-state index in [1.165, 1.54) is 22.7 Å². The molecule has 0 spiro atoms. The Balaban J connectivity index is 2.01. The van der Waals surface area contributed by atoms with Crippen LogP contribution in [-0.4, -0.2) is 33.6 Å². The molecule has 2 aromatic rings. The minimum Gasteiger partial charge on any atom is -0.338 e. The average molecular weight is 351 g/mol. The van der Waals surface area contributed by atoms with Gasteiger partial charge in [-0.15, -0.1) is 0 Å². The number of thioether (sulfide) groups is 1. The molecule has 0 saturated carbocycles. The van der Waals surface area contributed by atoms with Crippen molar-refractivity contribution in [3.8, 4) is 0 Å². The van der Waals surface area contributed by atoms with Gasteiger partial charge in [-0.1, -0.05) is 17.8 Å². The van der Waals surface area contributed by atoms with Gasteiger partial charge in [0.1, 0.15) is 0 Å². The zero-order valence-electron chi connectivity index (χ0n) is 14.0. The molecule has 0 N–H and O–H groups in total. The van der Waals surface area contributed by atoms with Gasteiger partial charge in [0.05, 0.1) is 11.8 Å². The number of amides is 1. The Kier molecular flexibility index (Phi) is 5.88. The van der Waals surface area contributed by atoms with Crippen LogP contribution in [-0.2, 0) is 4.79 Å². The molecule has 1 aromatic carbocycles. The maximum Gasteiger partial charge on any atom is 0.233 e. The number of hydrogen-bond acceptors (Lipinski definition) is 4. The summed E-state index contributed by atoms with van der Waals surface area (Å²) >= 11 is 1.26. The molecule has 1 unspecified atom stereocenters. The Bertz CT molecular complexity index is 734. The SMILES string of the molecule is Cc1cc(C)nc(SCC(=O)N(C)C(C)c2ccc(F)c(F)c2)n1. The fraction of sp³-hybridized carbons (Fsp3) is 0.353. The van der Waals surface area contributed by atoms with Crippen LogP contribution in [0.25, 0.3) is 0 Å². The minimum absolute atomic E-state index is 0.139. The molecule has 2 rings (SSSR count). The Hall–Kier alpha value is -2.02. The highest BCUT2D eigenvalue weighted by Gasteiger charge is 2.19. The number of carbonyl (C=O) groups excluding carboxylic acids is 1. The van der Waals surface area contributed by atoms with E-state index in [0.717, 1.165) is 23.5 Å². The van der Waals surface area contributed by atoms with E-state index >= 15 is 0 Å². The van der Waals surface area contributed by atoms with E-state index in [-0.39, 0.29) is 17.7 Å². The predicted molar refractivity (Wildman–Crippen MR) is 89.8 cm³/mol. The van der Waals surface area contributed by atoms with Crippen LogP contribution in [0.1, 0.15) is 29.9 Å². The predicted octanol–water partition coefficient (Wildman–Crippen LogP) is 3.68. The quantitative estimate of drug-likeness (QED) is 0.609. The van der Waals surface area contributed by atoms with E-state index in [1.54, 1.807) is 14.0 Å². The number of aromatic nitrogens is 2. The molecule has 1 heterocycles. The first-order valence-corrected chi connectivity index (χ1v) is 8.42. The molecule has 0 saturated heterocycles. The van der Waals surface area contributed by atoms with E-state index in [2.05, 4.69) is 9.97 Å². The van der Waals surface area contributed by atoms with Gasteiger partial charge in [-0.2, -0.15) is 0 Å². The summed E-state index contributed by atoms with van der Waals surface area (Å²) < 4.78 is 26.4. The number of aryl methyl sites for hydroxylation is 2. The van der Waals surface area contributed by atoms with Crippen molar-refractivity contribution in [1.82, 2.24) is 14.9 Å². The lowest BCUT2D eigenvalue weighted by Gasteiger charge is -2.25.